The average molecular weight is 368 g/mol. The molecule has 1 N–H and O–H groups in total. The van der Waals surface area contributed by atoms with E-state index in [9.17, 15) is 14.7 Å². The maximum atomic E-state index is 12.7. The molecule has 1 aliphatic rings. The zero-order chi connectivity index (χ0) is 19.4. The molecular weight excluding hydrogens is 344 g/mol. The van der Waals surface area contributed by atoms with Crippen molar-refractivity contribution >= 4 is 11.9 Å². The topological polar surface area (TPSA) is 74.1 Å². The molecule has 27 heavy (non-hydrogen) atoms. The first-order chi connectivity index (χ1) is 13.0. The summed E-state index contributed by atoms with van der Waals surface area (Å²) >= 11 is 0. The molecule has 142 valence electrons. The molecule has 0 aromatic heterocycles. The van der Waals surface area contributed by atoms with E-state index in [2.05, 4.69) is 19.1 Å². The zero-order valence-corrected chi connectivity index (χ0v) is 15.6. The van der Waals surface area contributed by atoms with Gasteiger partial charge < -0.3 is 24.4 Å². The number of hydrogen-bond donors (Lipinski definition) is 1. The van der Waals surface area contributed by atoms with Gasteiger partial charge in [0.15, 0.2) is 0 Å². The van der Waals surface area contributed by atoms with Crippen LogP contribution in [0.25, 0.3) is 0 Å². The number of ether oxygens (including phenoxy) is 1. The van der Waals surface area contributed by atoms with E-state index < -0.39 is 5.97 Å². The maximum Gasteiger partial charge on any atom is 0.254 e. The van der Waals surface area contributed by atoms with Crippen molar-refractivity contribution in [2.24, 2.45) is 0 Å². The fraction of sp³-hybridized carbons (Fsp3) is 0.333. The van der Waals surface area contributed by atoms with Crippen molar-refractivity contribution in [3.05, 3.63) is 65.2 Å². The van der Waals surface area contributed by atoms with E-state index in [1.807, 2.05) is 12.1 Å². The number of benzene rings is 2. The molecule has 0 aliphatic carbocycles. The minimum Gasteiger partial charge on any atom is -0.545 e. The Morgan fingerprint density at radius 1 is 1.07 bits per heavy atom. The number of carbonyl (C=O) groups is 2. The van der Waals surface area contributed by atoms with Crippen LogP contribution in [0.5, 0.6) is 5.75 Å². The van der Waals surface area contributed by atoms with Crippen LogP contribution in [-0.4, -0.2) is 50.1 Å². The summed E-state index contributed by atoms with van der Waals surface area (Å²) in [6.07, 6.45) is 0. The van der Waals surface area contributed by atoms with Crippen molar-refractivity contribution in [3.8, 4) is 5.75 Å². The molecule has 0 spiro atoms. The molecule has 0 saturated carbocycles. The fourth-order valence-electron chi connectivity index (χ4n) is 3.52. The number of piperazine rings is 1. The van der Waals surface area contributed by atoms with Crippen molar-refractivity contribution in [2.45, 2.75) is 13.0 Å². The molecule has 3 rings (SSSR count). The summed E-state index contributed by atoms with van der Waals surface area (Å²) in [7, 11) is 1.66. The van der Waals surface area contributed by atoms with Gasteiger partial charge in [0.05, 0.1) is 39.3 Å². The van der Waals surface area contributed by atoms with Gasteiger partial charge in [0.1, 0.15) is 11.8 Å². The number of nitrogens with one attached hydrogen (secondary N) is 1. The molecule has 6 nitrogen and oxygen atoms in total. The highest BCUT2D eigenvalue weighted by atomic mass is 16.5. The van der Waals surface area contributed by atoms with Crippen LogP contribution >= 0.6 is 0 Å². The predicted molar refractivity (Wildman–Crippen MR) is 98.8 cm³/mol. The highest BCUT2D eigenvalue weighted by molar-refractivity contribution is 5.97. The lowest BCUT2D eigenvalue weighted by Crippen LogP contribution is -3.14. The largest absolute Gasteiger partial charge is 0.545 e. The number of carboxylic acids is 1. The summed E-state index contributed by atoms with van der Waals surface area (Å²) in [5.74, 6) is -0.559. The Balaban J connectivity index is 1.61. The minimum absolute atomic E-state index is 0.0261. The van der Waals surface area contributed by atoms with Crippen molar-refractivity contribution in [1.82, 2.24) is 4.90 Å². The molecular formula is C21H24N2O4. The molecule has 1 atom stereocenters. The van der Waals surface area contributed by atoms with Crippen molar-refractivity contribution in [3.63, 3.8) is 0 Å². The van der Waals surface area contributed by atoms with Crippen LogP contribution in [-0.2, 0) is 0 Å². The Morgan fingerprint density at radius 2 is 1.70 bits per heavy atom. The lowest BCUT2D eigenvalue weighted by atomic mass is 10.1. The Bertz CT molecular complexity index is 811. The van der Waals surface area contributed by atoms with E-state index in [1.165, 1.54) is 22.6 Å². The highest BCUT2D eigenvalue weighted by Gasteiger charge is 2.28. The van der Waals surface area contributed by atoms with E-state index in [0.29, 0.717) is 24.7 Å². The molecule has 1 amide bonds. The number of quaternary nitrogens is 1. The molecule has 1 saturated heterocycles. The molecule has 2 aromatic rings. The Hall–Kier alpha value is -2.86. The summed E-state index contributed by atoms with van der Waals surface area (Å²) < 4.78 is 5.21. The van der Waals surface area contributed by atoms with Gasteiger partial charge in [-0.3, -0.25) is 4.79 Å². The van der Waals surface area contributed by atoms with E-state index in [4.69, 9.17) is 4.74 Å². The highest BCUT2D eigenvalue weighted by Crippen LogP contribution is 2.16. The van der Waals surface area contributed by atoms with Gasteiger partial charge in [-0.15, -0.1) is 0 Å². The van der Waals surface area contributed by atoms with Crippen LogP contribution in [0.1, 0.15) is 39.2 Å². The van der Waals surface area contributed by atoms with E-state index >= 15 is 0 Å². The second-order valence-corrected chi connectivity index (χ2v) is 6.81. The standard InChI is InChI=1S/C21H24N2O4/c1-15(16-6-8-19(27-2)9-7-16)22-10-12-23(13-11-22)20(24)17-4-3-5-18(14-17)21(25)26/h3-9,14-15H,10-13H2,1-2H3,(H,25,26)/t15-/m0/s1. The number of carbonyl (C=O) groups excluding carboxylic acids is 2. The Labute approximate surface area is 159 Å². The quantitative estimate of drug-likeness (QED) is 0.816. The zero-order valence-electron chi connectivity index (χ0n) is 15.6. The lowest BCUT2D eigenvalue weighted by Gasteiger charge is -2.35. The third-order valence-corrected chi connectivity index (χ3v) is 5.27. The van der Waals surface area contributed by atoms with Gasteiger partial charge in [-0.1, -0.05) is 12.1 Å². The van der Waals surface area contributed by atoms with E-state index in [1.54, 1.807) is 24.1 Å². The van der Waals surface area contributed by atoms with Crippen molar-refractivity contribution in [2.75, 3.05) is 33.3 Å². The minimum atomic E-state index is -1.27. The van der Waals surface area contributed by atoms with Gasteiger partial charge in [-0.05, 0) is 48.9 Å². The van der Waals surface area contributed by atoms with Crippen LogP contribution in [0.4, 0.5) is 0 Å². The third-order valence-electron chi connectivity index (χ3n) is 5.27. The van der Waals surface area contributed by atoms with Crippen LogP contribution in [0.3, 0.4) is 0 Å². The van der Waals surface area contributed by atoms with Crippen LogP contribution in [0, 0.1) is 0 Å². The smallest absolute Gasteiger partial charge is 0.254 e. The van der Waals surface area contributed by atoms with Crippen LogP contribution < -0.4 is 14.7 Å². The predicted octanol–water partition coefficient (Wildman–Crippen LogP) is 0.161. The number of amides is 1. The second-order valence-electron chi connectivity index (χ2n) is 6.81. The monoisotopic (exact) mass is 368 g/mol. The van der Waals surface area contributed by atoms with Gasteiger partial charge in [-0.2, -0.15) is 0 Å². The Kier molecular flexibility index (Phi) is 5.76. The lowest BCUT2D eigenvalue weighted by molar-refractivity contribution is -0.933. The number of aromatic carboxylic acids is 1. The number of nitrogens with zero attached hydrogens (tertiary/aromatic N) is 1. The van der Waals surface area contributed by atoms with Crippen molar-refractivity contribution < 1.29 is 24.3 Å². The molecule has 1 aliphatic heterocycles. The number of rotatable bonds is 5. The van der Waals surface area contributed by atoms with Gasteiger partial charge in [0.2, 0.25) is 0 Å². The molecule has 1 heterocycles. The summed E-state index contributed by atoms with van der Waals surface area (Å²) in [6, 6.07) is 14.5. The first-order valence-corrected chi connectivity index (χ1v) is 9.09. The summed E-state index contributed by atoms with van der Waals surface area (Å²) in [5.41, 5.74) is 1.66. The number of hydrogen-bond acceptors (Lipinski definition) is 4. The van der Waals surface area contributed by atoms with Gasteiger partial charge in [0.25, 0.3) is 5.91 Å². The average Bonchev–Trinajstić information content (AvgIpc) is 2.73. The molecule has 6 heteroatoms. The molecule has 0 radical (unpaired) electrons. The van der Waals surface area contributed by atoms with Crippen LogP contribution in [0.2, 0.25) is 0 Å². The molecule has 1 fully saturated rings. The van der Waals surface area contributed by atoms with Gasteiger partial charge >= 0.3 is 0 Å². The fourth-order valence-corrected chi connectivity index (χ4v) is 3.52. The van der Waals surface area contributed by atoms with Gasteiger partial charge in [-0.25, -0.2) is 0 Å². The molecule has 2 aromatic carbocycles. The number of carboxylic acid groups (broad SMARTS) is 1. The van der Waals surface area contributed by atoms with E-state index in [-0.39, 0.29) is 11.5 Å². The normalized spacial score (nSPS) is 16.0. The van der Waals surface area contributed by atoms with E-state index in [0.717, 1.165) is 18.8 Å². The van der Waals surface area contributed by atoms with Gasteiger partial charge in [0, 0.05) is 11.1 Å². The Morgan fingerprint density at radius 3 is 2.30 bits per heavy atom. The maximum absolute atomic E-state index is 12.7. The number of methoxy groups -OCH3 is 1. The molecule has 0 unspecified atom stereocenters. The van der Waals surface area contributed by atoms with Crippen LogP contribution in [0.15, 0.2) is 48.5 Å². The molecule has 0 bridgehead atoms. The van der Waals surface area contributed by atoms with Crippen molar-refractivity contribution in [1.29, 1.82) is 0 Å². The first-order valence-electron chi connectivity index (χ1n) is 9.09. The second kappa shape index (κ2) is 8.22. The summed E-state index contributed by atoms with van der Waals surface area (Å²) in [5, 5.41) is 11.0. The summed E-state index contributed by atoms with van der Waals surface area (Å²) in [6.45, 7) is 5.17. The third kappa shape index (κ3) is 4.28. The first kappa shape index (κ1) is 18.9. The summed E-state index contributed by atoms with van der Waals surface area (Å²) in [4.78, 5) is 26.9. The SMILES string of the molecule is COc1ccc([C@H](C)[NH+]2CCN(C(=O)c3cccc(C(=O)[O-])c3)CC2)cc1.